The van der Waals surface area contributed by atoms with Crippen LogP contribution in [0.15, 0.2) is 12.1 Å². The van der Waals surface area contributed by atoms with Crippen LogP contribution in [0, 0.1) is 5.41 Å². The molecule has 0 aromatic heterocycles. The maximum absolute atomic E-state index is 6.20. The van der Waals surface area contributed by atoms with Crippen LogP contribution in [0.3, 0.4) is 0 Å². The van der Waals surface area contributed by atoms with Crippen molar-refractivity contribution < 1.29 is 4.74 Å². The molecule has 1 heterocycles. The van der Waals surface area contributed by atoms with Crippen molar-refractivity contribution >= 4 is 11.6 Å². The summed E-state index contributed by atoms with van der Waals surface area (Å²) < 4.78 is 5.75. The van der Waals surface area contributed by atoms with Crippen LogP contribution in [0.25, 0.3) is 0 Å². The van der Waals surface area contributed by atoms with Crippen molar-refractivity contribution in [2.24, 2.45) is 5.41 Å². The average Bonchev–Trinajstić information content (AvgIpc) is 2.86. The van der Waals surface area contributed by atoms with Gasteiger partial charge in [0, 0.05) is 30.1 Å². The fourth-order valence-corrected chi connectivity index (χ4v) is 3.22. The Balaban J connectivity index is 1.86. The number of unbranched alkanes of at least 4 members (excludes halogenated alkanes) is 2. The highest BCUT2D eigenvalue weighted by molar-refractivity contribution is 6.30. The highest BCUT2D eigenvalue weighted by Crippen LogP contribution is 2.33. The molecule has 1 aromatic carbocycles. The van der Waals surface area contributed by atoms with Crippen molar-refractivity contribution in [3.05, 3.63) is 28.3 Å². The molecule has 21 heavy (non-hydrogen) atoms. The Hall–Kier alpha value is -0.730. The number of fused-ring (bicyclic) bond motifs is 1. The predicted octanol–water partition coefficient (Wildman–Crippen LogP) is 4.97. The zero-order valence-electron chi connectivity index (χ0n) is 13.6. The second-order valence-electron chi connectivity index (χ2n) is 6.88. The summed E-state index contributed by atoms with van der Waals surface area (Å²) in [6.45, 7) is 9.58. The van der Waals surface area contributed by atoms with Crippen molar-refractivity contribution in [1.29, 1.82) is 0 Å². The van der Waals surface area contributed by atoms with Crippen molar-refractivity contribution in [3.8, 4) is 5.75 Å². The van der Waals surface area contributed by atoms with Crippen LogP contribution in [-0.2, 0) is 13.0 Å². The maximum atomic E-state index is 6.20. The Morgan fingerprint density at radius 3 is 2.86 bits per heavy atom. The number of nitrogens with one attached hydrogen (secondary N) is 1. The van der Waals surface area contributed by atoms with Crippen molar-refractivity contribution in [2.45, 2.75) is 59.4 Å². The number of rotatable bonds is 8. The minimum atomic E-state index is 0.345. The Morgan fingerprint density at radius 1 is 1.29 bits per heavy atom. The Labute approximate surface area is 134 Å². The van der Waals surface area contributed by atoms with Gasteiger partial charge in [-0.1, -0.05) is 51.6 Å². The van der Waals surface area contributed by atoms with E-state index in [0.717, 1.165) is 36.9 Å². The summed E-state index contributed by atoms with van der Waals surface area (Å²) in [5, 5.41) is 4.41. The molecule has 0 unspecified atom stereocenters. The van der Waals surface area contributed by atoms with E-state index in [2.05, 4.69) is 26.1 Å². The smallest absolute Gasteiger partial charge is 0.127 e. The molecule has 2 rings (SSSR count). The van der Waals surface area contributed by atoms with E-state index in [4.69, 9.17) is 16.3 Å². The minimum Gasteiger partial charge on any atom is -0.493 e. The van der Waals surface area contributed by atoms with Gasteiger partial charge in [0.2, 0.25) is 0 Å². The monoisotopic (exact) mass is 309 g/mol. The lowest BCUT2D eigenvalue weighted by molar-refractivity contribution is 0.300. The van der Waals surface area contributed by atoms with E-state index >= 15 is 0 Å². The van der Waals surface area contributed by atoms with E-state index < -0.39 is 0 Å². The van der Waals surface area contributed by atoms with E-state index in [1.165, 1.54) is 36.8 Å². The lowest BCUT2D eigenvalue weighted by Crippen LogP contribution is -2.29. The topological polar surface area (TPSA) is 21.3 Å². The summed E-state index contributed by atoms with van der Waals surface area (Å²) >= 11 is 6.20. The number of ether oxygens (including phenoxy) is 1. The average molecular weight is 310 g/mol. The van der Waals surface area contributed by atoms with Gasteiger partial charge in [0.15, 0.2) is 0 Å². The summed E-state index contributed by atoms with van der Waals surface area (Å²) in [4.78, 5) is 0. The molecule has 118 valence electrons. The van der Waals surface area contributed by atoms with Gasteiger partial charge in [-0.25, -0.2) is 0 Å². The van der Waals surface area contributed by atoms with Gasteiger partial charge in [-0.15, -0.1) is 0 Å². The molecule has 1 aromatic rings. The molecule has 1 aliphatic rings. The molecule has 0 bridgehead atoms. The van der Waals surface area contributed by atoms with Crippen LogP contribution in [0.2, 0.25) is 5.02 Å². The molecule has 1 aliphatic heterocycles. The van der Waals surface area contributed by atoms with Gasteiger partial charge in [-0.05, 0) is 29.5 Å². The molecule has 3 heteroatoms. The Kier molecular flexibility index (Phi) is 5.95. The lowest BCUT2D eigenvalue weighted by Gasteiger charge is -2.25. The molecule has 0 aliphatic carbocycles. The standard InChI is InChI=1S/C18H28ClNO/c1-4-5-6-8-18(2,3)13-20-12-15-11-16(19)10-14-7-9-21-17(14)15/h10-11,20H,4-9,12-13H2,1-3H3. The van der Waals surface area contributed by atoms with Crippen molar-refractivity contribution in [2.75, 3.05) is 13.2 Å². The van der Waals surface area contributed by atoms with Crippen LogP contribution in [0.4, 0.5) is 0 Å². The zero-order chi connectivity index (χ0) is 15.3. The molecule has 0 saturated heterocycles. The molecular formula is C18H28ClNO. The van der Waals surface area contributed by atoms with Gasteiger partial charge in [-0.3, -0.25) is 0 Å². The fourth-order valence-electron chi connectivity index (χ4n) is 2.95. The number of halogens is 1. The zero-order valence-corrected chi connectivity index (χ0v) is 14.4. The highest BCUT2D eigenvalue weighted by Gasteiger charge is 2.19. The molecule has 0 saturated carbocycles. The van der Waals surface area contributed by atoms with Crippen LogP contribution in [0.1, 0.15) is 57.6 Å². The van der Waals surface area contributed by atoms with Crippen LogP contribution >= 0.6 is 11.6 Å². The van der Waals surface area contributed by atoms with Crippen LogP contribution in [-0.4, -0.2) is 13.2 Å². The summed E-state index contributed by atoms with van der Waals surface area (Å²) in [5.41, 5.74) is 2.79. The molecular weight excluding hydrogens is 282 g/mol. The van der Waals surface area contributed by atoms with Gasteiger partial charge in [-0.2, -0.15) is 0 Å². The molecule has 2 nitrogen and oxygen atoms in total. The van der Waals surface area contributed by atoms with Crippen molar-refractivity contribution in [1.82, 2.24) is 5.32 Å². The molecule has 0 amide bonds. The number of hydrogen-bond acceptors (Lipinski definition) is 2. The van der Waals surface area contributed by atoms with E-state index in [1.54, 1.807) is 0 Å². The molecule has 0 fully saturated rings. The summed E-state index contributed by atoms with van der Waals surface area (Å²) in [5.74, 6) is 1.05. The first-order chi connectivity index (χ1) is 10.0. The van der Waals surface area contributed by atoms with E-state index in [-0.39, 0.29) is 0 Å². The SMILES string of the molecule is CCCCCC(C)(C)CNCc1cc(Cl)cc2c1OCC2. The highest BCUT2D eigenvalue weighted by atomic mass is 35.5. The quantitative estimate of drug-likeness (QED) is 0.684. The first kappa shape index (κ1) is 16.6. The van der Waals surface area contributed by atoms with E-state index in [0.29, 0.717) is 5.41 Å². The maximum Gasteiger partial charge on any atom is 0.127 e. The lowest BCUT2D eigenvalue weighted by atomic mass is 9.87. The number of hydrogen-bond donors (Lipinski definition) is 1. The largest absolute Gasteiger partial charge is 0.493 e. The van der Waals surface area contributed by atoms with E-state index in [9.17, 15) is 0 Å². The second kappa shape index (κ2) is 7.51. The van der Waals surface area contributed by atoms with Gasteiger partial charge in [0.25, 0.3) is 0 Å². The van der Waals surface area contributed by atoms with Gasteiger partial charge in [0.05, 0.1) is 6.61 Å². The normalized spacial score (nSPS) is 14.1. The molecule has 1 N–H and O–H groups in total. The first-order valence-corrected chi connectivity index (χ1v) is 8.54. The van der Waals surface area contributed by atoms with Gasteiger partial charge in [0.1, 0.15) is 5.75 Å². The third-order valence-corrected chi connectivity index (χ3v) is 4.42. The fraction of sp³-hybridized carbons (Fsp3) is 0.667. The van der Waals surface area contributed by atoms with Gasteiger partial charge >= 0.3 is 0 Å². The summed E-state index contributed by atoms with van der Waals surface area (Å²) in [6.07, 6.45) is 6.19. The Bertz CT molecular complexity index is 471. The molecule has 0 spiro atoms. The molecule has 0 atom stereocenters. The molecule has 0 radical (unpaired) electrons. The van der Waals surface area contributed by atoms with Crippen molar-refractivity contribution in [3.63, 3.8) is 0 Å². The summed E-state index contributed by atoms with van der Waals surface area (Å²) in [7, 11) is 0. The third kappa shape index (κ3) is 4.89. The van der Waals surface area contributed by atoms with Crippen LogP contribution < -0.4 is 10.1 Å². The van der Waals surface area contributed by atoms with Crippen LogP contribution in [0.5, 0.6) is 5.75 Å². The predicted molar refractivity (Wildman–Crippen MR) is 90.3 cm³/mol. The third-order valence-electron chi connectivity index (χ3n) is 4.20. The minimum absolute atomic E-state index is 0.345. The Morgan fingerprint density at radius 2 is 2.10 bits per heavy atom. The first-order valence-electron chi connectivity index (χ1n) is 8.16. The van der Waals surface area contributed by atoms with E-state index in [1.807, 2.05) is 12.1 Å². The summed E-state index contributed by atoms with van der Waals surface area (Å²) in [6, 6.07) is 4.06. The van der Waals surface area contributed by atoms with Gasteiger partial charge < -0.3 is 10.1 Å². The number of benzene rings is 1. The second-order valence-corrected chi connectivity index (χ2v) is 7.31.